The van der Waals surface area contributed by atoms with Crippen molar-refractivity contribution in [3.8, 4) is 27.9 Å². The number of fused-ring (bicyclic) bond motifs is 12. The summed E-state index contributed by atoms with van der Waals surface area (Å²) >= 11 is 0. The average molecular weight is 727 g/mol. The summed E-state index contributed by atoms with van der Waals surface area (Å²) in [4.78, 5) is 2.49. The molecule has 9 aromatic rings. The molecule has 2 heteroatoms. The molecule has 0 bridgehead atoms. The van der Waals surface area contributed by atoms with Crippen LogP contribution < -0.4 is 4.90 Å². The molecule has 268 valence electrons. The van der Waals surface area contributed by atoms with Gasteiger partial charge < -0.3 is 9.47 Å². The Morgan fingerprint density at radius 2 is 1.07 bits per heavy atom. The van der Waals surface area contributed by atoms with Crippen LogP contribution in [0.3, 0.4) is 0 Å². The van der Waals surface area contributed by atoms with Crippen molar-refractivity contribution in [2.24, 2.45) is 0 Å². The summed E-state index contributed by atoms with van der Waals surface area (Å²) in [6.45, 7) is 0. The lowest BCUT2D eigenvalue weighted by Crippen LogP contribution is -2.27. The van der Waals surface area contributed by atoms with Crippen LogP contribution in [0.25, 0.3) is 55.3 Å². The van der Waals surface area contributed by atoms with Crippen molar-refractivity contribution in [2.75, 3.05) is 4.90 Å². The van der Waals surface area contributed by atoms with Crippen LogP contribution in [-0.4, -0.2) is 4.57 Å². The Labute approximate surface area is 332 Å². The van der Waals surface area contributed by atoms with Gasteiger partial charge in [0.2, 0.25) is 0 Å². The Morgan fingerprint density at radius 1 is 0.456 bits per heavy atom. The van der Waals surface area contributed by atoms with E-state index < -0.39 is 0 Å². The van der Waals surface area contributed by atoms with Crippen molar-refractivity contribution in [1.82, 2.24) is 4.57 Å². The van der Waals surface area contributed by atoms with Gasteiger partial charge in [0.05, 0.1) is 22.1 Å². The second-order valence-corrected chi connectivity index (χ2v) is 15.5. The zero-order valence-electron chi connectivity index (χ0n) is 31.4. The first-order valence-electron chi connectivity index (χ1n) is 20.1. The topological polar surface area (TPSA) is 8.17 Å². The third kappa shape index (κ3) is 4.53. The van der Waals surface area contributed by atoms with Crippen molar-refractivity contribution in [1.29, 1.82) is 0 Å². The van der Waals surface area contributed by atoms with Crippen LogP contribution in [0.1, 0.15) is 35.1 Å². The van der Waals surface area contributed by atoms with E-state index >= 15 is 0 Å². The molecule has 1 atom stereocenters. The molecule has 0 N–H and O–H groups in total. The highest BCUT2D eigenvalue weighted by Crippen LogP contribution is 2.64. The summed E-state index contributed by atoms with van der Waals surface area (Å²) in [5.74, 6) is 0. The van der Waals surface area contributed by atoms with E-state index in [1.165, 1.54) is 77.5 Å². The molecule has 57 heavy (non-hydrogen) atoms. The molecule has 12 rings (SSSR count). The molecule has 0 fully saturated rings. The first kappa shape index (κ1) is 32.1. The summed E-state index contributed by atoms with van der Waals surface area (Å²) in [5.41, 5.74) is 20.2. The van der Waals surface area contributed by atoms with E-state index in [2.05, 4.69) is 216 Å². The number of rotatable bonds is 5. The van der Waals surface area contributed by atoms with E-state index in [1.807, 2.05) is 0 Å². The van der Waals surface area contributed by atoms with E-state index in [9.17, 15) is 0 Å². The van der Waals surface area contributed by atoms with Crippen LogP contribution in [0.15, 0.2) is 212 Å². The smallest absolute Gasteiger partial charge is 0.0688 e. The maximum atomic E-state index is 2.49. The van der Waals surface area contributed by atoms with Crippen LogP contribution in [-0.2, 0) is 5.41 Å². The molecule has 0 radical (unpaired) electrons. The Kier molecular flexibility index (Phi) is 7.00. The van der Waals surface area contributed by atoms with Gasteiger partial charge in [0, 0.05) is 33.4 Å². The van der Waals surface area contributed by atoms with Gasteiger partial charge in [-0.15, -0.1) is 0 Å². The van der Waals surface area contributed by atoms with Gasteiger partial charge in [-0.2, -0.15) is 0 Å². The Bertz CT molecular complexity index is 3130. The maximum Gasteiger partial charge on any atom is 0.0688 e. The zero-order valence-corrected chi connectivity index (χ0v) is 31.4. The molecule has 1 spiro atoms. The number of allylic oxidation sites excluding steroid dienone is 4. The normalized spacial score (nSPS) is 16.2. The fourth-order valence-electron chi connectivity index (χ4n) is 10.5. The van der Waals surface area contributed by atoms with E-state index in [1.54, 1.807) is 0 Å². The van der Waals surface area contributed by atoms with Gasteiger partial charge in [-0.3, -0.25) is 0 Å². The molecule has 0 amide bonds. The van der Waals surface area contributed by atoms with Gasteiger partial charge in [-0.1, -0.05) is 152 Å². The first-order valence-corrected chi connectivity index (χ1v) is 20.1. The SMILES string of the molecule is C1=CC2=C(CC1)C1(c3ccccc32)c2ccccc2-c2cc(N(c3ccc4c(c3)c3ccccc3n4-c3ccccc3)c3ccccc3-c3ccccc3)ccc21. The first-order chi connectivity index (χ1) is 28.3. The predicted molar refractivity (Wildman–Crippen MR) is 238 cm³/mol. The highest BCUT2D eigenvalue weighted by molar-refractivity contribution is 6.11. The maximum absolute atomic E-state index is 2.49. The second-order valence-electron chi connectivity index (χ2n) is 15.5. The number of benzene rings is 8. The van der Waals surface area contributed by atoms with Crippen LogP contribution >= 0.6 is 0 Å². The fourth-order valence-corrected chi connectivity index (χ4v) is 10.5. The van der Waals surface area contributed by atoms with Crippen molar-refractivity contribution < 1.29 is 0 Å². The van der Waals surface area contributed by atoms with Gasteiger partial charge in [-0.25, -0.2) is 0 Å². The van der Waals surface area contributed by atoms with Gasteiger partial charge in [0.25, 0.3) is 0 Å². The van der Waals surface area contributed by atoms with Crippen molar-refractivity contribution in [3.63, 3.8) is 0 Å². The average Bonchev–Trinajstić information content (AvgIpc) is 3.89. The predicted octanol–water partition coefficient (Wildman–Crippen LogP) is 14.4. The molecule has 3 aliphatic rings. The molecule has 0 saturated heterocycles. The molecule has 0 saturated carbocycles. The lowest BCUT2D eigenvalue weighted by atomic mass is 9.68. The highest BCUT2D eigenvalue weighted by atomic mass is 15.1. The van der Waals surface area contributed by atoms with Crippen LogP contribution in [0.5, 0.6) is 0 Å². The van der Waals surface area contributed by atoms with E-state index in [0.717, 1.165) is 35.6 Å². The molecule has 3 aliphatic carbocycles. The Balaban J connectivity index is 1.12. The zero-order chi connectivity index (χ0) is 37.5. The molecular formula is C55H38N2. The minimum atomic E-state index is -0.300. The molecule has 8 aromatic carbocycles. The number of nitrogens with zero attached hydrogens (tertiary/aromatic N) is 2. The summed E-state index contributed by atoms with van der Waals surface area (Å²) in [5, 5.41) is 2.47. The van der Waals surface area contributed by atoms with Crippen molar-refractivity contribution in [2.45, 2.75) is 18.3 Å². The molecular weight excluding hydrogens is 689 g/mol. The quantitative estimate of drug-likeness (QED) is 0.171. The van der Waals surface area contributed by atoms with Gasteiger partial charge >= 0.3 is 0 Å². The van der Waals surface area contributed by atoms with Crippen molar-refractivity contribution >= 4 is 44.4 Å². The number of hydrogen-bond acceptors (Lipinski definition) is 1. The second kappa shape index (κ2) is 12.4. The van der Waals surface area contributed by atoms with Crippen LogP contribution in [0.4, 0.5) is 17.1 Å². The third-order valence-electron chi connectivity index (χ3n) is 12.7. The van der Waals surface area contributed by atoms with Crippen molar-refractivity contribution in [3.05, 3.63) is 234 Å². The molecule has 0 aliphatic heterocycles. The van der Waals surface area contributed by atoms with E-state index in [4.69, 9.17) is 0 Å². The highest BCUT2D eigenvalue weighted by Gasteiger charge is 2.52. The summed E-state index contributed by atoms with van der Waals surface area (Å²) in [7, 11) is 0. The van der Waals surface area contributed by atoms with Gasteiger partial charge in [0.1, 0.15) is 0 Å². The molecule has 1 aromatic heterocycles. The summed E-state index contributed by atoms with van der Waals surface area (Å²) in [6, 6.07) is 71.8. The molecule has 1 unspecified atom stereocenters. The Morgan fingerprint density at radius 3 is 1.91 bits per heavy atom. The summed E-state index contributed by atoms with van der Waals surface area (Å²) < 4.78 is 2.39. The summed E-state index contributed by atoms with van der Waals surface area (Å²) in [6.07, 6.45) is 6.87. The minimum Gasteiger partial charge on any atom is -0.310 e. The lowest BCUT2D eigenvalue weighted by molar-refractivity contribution is 0.714. The van der Waals surface area contributed by atoms with E-state index in [0.29, 0.717) is 0 Å². The number of para-hydroxylation sites is 3. The van der Waals surface area contributed by atoms with Gasteiger partial charge in [0.15, 0.2) is 0 Å². The number of hydrogen-bond donors (Lipinski definition) is 0. The van der Waals surface area contributed by atoms with Crippen LogP contribution in [0.2, 0.25) is 0 Å². The largest absolute Gasteiger partial charge is 0.310 e. The monoisotopic (exact) mass is 726 g/mol. The lowest BCUT2D eigenvalue weighted by Gasteiger charge is -2.34. The number of anilines is 3. The van der Waals surface area contributed by atoms with E-state index in [-0.39, 0.29) is 5.41 Å². The molecule has 1 heterocycles. The Hall–Kier alpha value is -7.16. The van der Waals surface area contributed by atoms with Crippen LogP contribution in [0, 0.1) is 0 Å². The fraction of sp³-hybridized carbons (Fsp3) is 0.0545. The number of aromatic nitrogens is 1. The minimum absolute atomic E-state index is 0.300. The standard InChI is InChI=1S/C55H38N2/c1-3-17-37(18-4-1)41-21-10-15-29-52(41)56(40-32-34-54-47(36-40)45-25-11-16-30-53(45)57(54)38-19-5-2-6-20-38)39-31-33-51-46(35-39)44-24-9-14-28-50(44)55(51)48-26-12-7-22-42(48)43-23-8-13-27-49(43)55/h1-12,14-26,28-36H,13,27H2. The molecule has 2 nitrogen and oxygen atoms in total. The van der Waals surface area contributed by atoms with Gasteiger partial charge in [-0.05, 0) is 118 Å². The third-order valence-corrected chi connectivity index (χ3v) is 12.7.